The van der Waals surface area contributed by atoms with Gasteiger partial charge in [0.2, 0.25) is 6.54 Å². The van der Waals surface area contributed by atoms with Gasteiger partial charge in [-0.2, -0.15) is 0 Å². The lowest BCUT2D eigenvalue weighted by Crippen LogP contribution is -2.42. The molecule has 0 amide bonds. The Morgan fingerprint density at radius 3 is 2.46 bits per heavy atom. The van der Waals surface area contributed by atoms with Crippen molar-refractivity contribution in [2.45, 2.75) is 12.0 Å². The predicted octanol–water partition coefficient (Wildman–Crippen LogP) is 2.80. The SMILES string of the molecule is COc1cc2c(cc1OC)C(C[N+](=O)[O-])(c1ccccc1)OCC2. The van der Waals surface area contributed by atoms with Crippen LogP contribution in [0.15, 0.2) is 42.5 Å². The summed E-state index contributed by atoms with van der Waals surface area (Å²) in [4.78, 5) is 11.1. The van der Waals surface area contributed by atoms with Crippen molar-refractivity contribution in [3.63, 3.8) is 0 Å². The van der Waals surface area contributed by atoms with Crippen molar-refractivity contribution in [1.82, 2.24) is 0 Å². The molecule has 0 saturated heterocycles. The highest BCUT2D eigenvalue weighted by Crippen LogP contribution is 2.43. The Balaban J connectivity index is 2.24. The van der Waals surface area contributed by atoms with Crippen molar-refractivity contribution in [3.8, 4) is 11.5 Å². The lowest BCUT2D eigenvalue weighted by Gasteiger charge is -2.37. The maximum Gasteiger partial charge on any atom is 0.240 e. The first kappa shape index (κ1) is 16.3. The van der Waals surface area contributed by atoms with Gasteiger partial charge in [0, 0.05) is 10.5 Å². The predicted molar refractivity (Wildman–Crippen MR) is 88.3 cm³/mol. The molecule has 6 heteroatoms. The number of nitro groups is 1. The van der Waals surface area contributed by atoms with E-state index in [-0.39, 0.29) is 11.5 Å². The van der Waals surface area contributed by atoms with Crippen LogP contribution in [0.25, 0.3) is 0 Å². The highest BCUT2D eigenvalue weighted by atomic mass is 16.6. The van der Waals surface area contributed by atoms with E-state index >= 15 is 0 Å². The smallest absolute Gasteiger partial charge is 0.240 e. The number of hydrogen-bond acceptors (Lipinski definition) is 5. The highest BCUT2D eigenvalue weighted by molar-refractivity contribution is 5.53. The fourth-order valence-electron chi connectivity index (χ4n) is 3.27. The van der Waals surface area contributed by atoms with Gasteiger partial charge in [-0.1, -0.05) is 30.3 Å². The molecular formula is C18H19NO5. The van der Waals surface area contributed by atoms with E-state index in [4.69, 9.17) is 14.2 Å². The Bertz CT molecular complexity index is 747. The monoisotopic (exact) mass is 329 g/mol. The zero-order valence-electron chi connectivity index (χ0n) is 13.7. The van der Waals surface area contributed by atoms with Crippen molar-refractivity contribution in [2.24, 2.45) is 0 Å². The average molecular weight is 329 g/mol. The van der Waals surface area contributed by atoms with Gasteiger partial charge < -0.3 is 14.2 Å². The van der Waals surface area contributed by atoms with Crippen LogP contribution in [0.2, 0.25) is 0 Å². The molecule has 0 saturated carbocycles. The molecule has 1 heterocycles. The van der Waals surface area contributed by atoms with Crippen molar-refractivity contribution >= 4 is 0 Å². The second-order valence-corrected chi connectivity index (χ2v) is 5.65. The Kier molecular flexibility index (Phi) is 4.40. The summed E-state index contributed by atoms with van der Waals surface area (Å²) in [6.07, 6.45) is 0.669. The van der Waals surface area contributed by atoms with Crippen molar-refractivity contribution < 1.29 is 19.1 Å². The van der Waals surface area contributed by atoms with E-state index in [2.05, 4.69) is 0 Å². The Hall–Kier alpha value is -2.60. The fraction of sp³-hybridized carbons (Fsp3) is 0.333. The minimum absolute atomic E-state index is 0.335. The number of fused-ring (bicyclic) bond motifs is 1. The van der Waals surface area contributed by atoms with Gasteiger partial charge in [0.15, 0.2) is 17.1 Å². The lowest BCUT2D eigenvalue weighted by molar-refractivity contribution is -0.501. The van der Waals surface area contributed by atoms with Crippen LogP contribution in [0, 0.1) is 10.1 Å². The largest absolute Gasteiger partial charge is 0.493 e. The van der Waals surface area contributed by atoms with Gasteiger partial charge in [0.25, 0.3) is 0 Å². The molecule has 2 aromatic carbocycles. The third-order valence-corrected chi connectivity index (χ3v) is 4.36. The molecule has 3 rings (SSSR count). The summed E-state index contributed by atoms with van der Waals surface area (Å²) < 4.78 is 16.8. The third kappa shape index (κ3) is 2.69. The molecule has 1 aliphatic heterocycles. The maximum atomic E-state index is 11.4. The summed E-state index contributed by atoms with van der Waals surface area (Å²) in [6, 6.07) is 13.0. The van der Waals surface area contributed by atoms with Gasteiger partial charge in [-0.3, -0.25) is 10.1 Å². The zero-order valence-corrected chi connectivity index (χ0v) is 13.7. The third-order valence-electron chi connectivity index (χ3n) is 4.36. The van der Waals surface area contributed by atoms with E-state index in [1.54, 1.807) is 20.3 Å². The van der Waals surface area contributed by atoms with E-state index in [1.807, 2.05) is 36.4 Å². The van der Waals surface area contributed by atoms with Gasteiger partial charge in [-0.25, -0.2) is 0 Å². The minimum Gasteiger partial charge on any atom is -0.493 e. The van der Waals surface area contributed by atoms with E-state index in [0.717, 1.165) is 16.7 Å². The zero-order chi connectivity index (χ0) is 17.2. The number of ether oxygens (including phenoxy) is 3. The summed E-state index contributed by atoms with van der Waals surface area (Å²) >= 11 is 0. The molecular weight excluding hydrogens is 310 g/mol. The molecule has 2 aromatic rings. The second kappa shape index (κ2) is 6.49. The quantitative estimate of drug-likeness (QED) is 0.623. The summed E-state index contributed by atoms with van der Waals surface area (Å²) in [5, 5.41) is 11.4. The first-order valence-electron chi connectivity index (χ1n) is 7.67. The summed E-state index contributed by atoms with van der Waals surface area (Å²) in [6.45, 7) is 0.0602. The minimum atomic E-state index is -1.13. The molecule has 0 bridgehead atoms. The van der Waals surface area contributed by atoms with Gasteiger partial charge in [-0.05, 0) is 29.7 Å². The molecule has 0 fully saturated rings. The Labute approximate surface area is 140 Å². The van der Waals surface area contributed by atoms with Crippen LogP contribution in [-0.2, 0) is 16.8 Å². The molecule has 1 unspecified atom stereocenters. The first-order chi connectivity index (χ1) is 11.6. The van der Waals surface area contributed by atoms with E-state index in [0.29, 0.717) is 24.5 Å². The number of nitrogens with zero attached hydrogens (tertiary/aromatic N) is 1. The first-order valence-corrected chi connectivity index (χ1v) is 7.67. The van der Waals surface area contributed by atoms with Gasteiger partial charge in [0.05, 0.1) is 20.8 Å². The number of methoxy groups -OCH3 is 2. The summed E-state index contributed by atoms with van der Waals surface area (Å²) in [7, 11) is 3.12. The molecule has 0 aliphatic carbocycles. The Morgan fingerprint density at radius 1 is 1.17 bits per heavy atom. The summed E-state index contributed by atoms with van der Waals surface area (Å²) in [5.41, 5.74) is 1.37. The molecule has 6 nitrogen and oxygen atoms in total. The molecule has 1 aliphatic rings. The fourth-order valence-corrected chi connectivity index (χ4v) is 3.27. The van der Waals surface area contributed by atoms with Crippen LogP contribution in [0.3, 0.4) is 0 Å². The normalized spacial score (nSPS) is 19.4. The van der Waals surface area contributed by atoms with Crippen LogP contribution in [-0.4, -0.2) is 32.3 Å². The Morgan fingerprint density at radius 2 is 1.83 bits per heavy atom. The maximum absolute atomic E-state index is 11.4. The topological polar surface area (TPSA) is 70.8 Å². The molecule has 0 spiro atoms. The summed E-state index contributed by atoms with van der Waals surface area (Å²) in [5.74, 6) is 1.15. The molecule has 126 valence electrons. The van der Waals surface area contributed by atoms with Crippen molar-refractivity contribution in [1.29, 1.82) is 0 Å². The highest BCUT2D eigenvalue weighted by Gasteiger charge is 2.45. The second-order valence-electron chi connectivity index (χ2n) is 5.65. The van der Waals surface area contributed by atoms with Crippen LogP contribution in [0.4, 0.5) is 0 Å². The van der Waals surface area contributed by atoms with E-state index < -0.39 is 5.60 Å². The van der Waals surface area contributed by atoms with Crippen LogP contribution in [0.5, 0.6) is 11.5 Å². The van der Waals surface area contributed by atoms with Crippen LogP contribution in [0.1, 0.15) is 16.7 Å². The van der Waals surface area contributed by atoms with Crippen LogP contribution >= 0.6 is 0 Å². The number of benzene rings is 2. The van der Waals surface area contributed by atoms with Gasteiger partial charge in [-0.15, -0.1) is 0 Å². The number of hydrogen-bond donors (Lipinski definition) is 0. The van der Waals surface area contributed by atoms with E-state index in [1.165, 1.54) is 0 Å². The van der Waals surface area contributed by atoms with Crippen molar-refractivity contribution in [2.75, 3.05) is 27.4 Å². The standard InChI is InChI=1S/C18H19NO5/c1-22-16-10-13-8-9-24-18(12-19(20)21,14-6-4-3-5-7-14)15(13)11-17(16)23-2/h3-7,10-11H,8-9,12H2,1-2H3. The molecule has 0 N–H and O–H groups in total. The molecule has 1 atom stereocenters. The van der Waals surface area contributed by atoms with Gasteiger partial charge >= 0.3 is 0 Å². The molecule has 0 radical (unpaired) electrons. The van der Waals surface area contributed by atoms with E-state index in [9.17, 15) is 10.1 Å². The van der Waals surface area contributed by atoms with Crippen LogP contribution < -0.4 is 9.47 Å². The molecule has 24 heavy (non-hydrogen) atoms. The average Bonchev–Trinajstić information content (AvgIpc) is 2.61. The lowest BCUT2D eigenvalue weighted by atomic mass is 9.80. The van der Waals surface area contributed by atoms with Crippen molar-refractivity contribution in [3.05, 3.63) is 69.3 Å². The van der Waals surface area contributed by atoms with Gasteiger partial charge in [0.1, 0.15) is 0 Å². The molecule has 0 aromatic heterocycles. The number of rotatable bonds is 5.